The molecule has 1 aromatic carbocycles. The van der Waals surface area contributed by atoms with Gasteiger partial charge in [0.05, 0.1) is 12.4 Å². The summed E-state index contributed by atoms with van der Waals surface area (Å²) in [5, 5.41) is 3.53. The normalized spacial score (nSPS) is 22.6. The van der Waals surface area contributed by atoms with Crippen LogP contribution in [0.1, 0.15) is 37.4 Å². The van der Waals surface area contributed by atoms with E-state index in [-0.39, 0.29) is 24.0 Å². The number of imidazole rings is 1. The van der Waals surface area contributed by atoms with Crippen LogP contribution in [0, 0.1) is 11.8 Å². The summed E-state index contributed by atoms with van der Waals surface area (Å²) in [5.41, 5.74) is 3.02. The fourth-order valence-electron chi connectivity index (χ4n) is 4.52. The van der Waals surface area contributed by atoms with Gasteiger partial charge in [0.15, 0.2) is 5.96 Å². The molecule has 2 heterocycles. The Hall–Kier alpha value is -1.57. The van der Waals surface area contributed by atoms with Crippen molar-refractivity contribution in [2.75, 3.05) is 26.2 Å². The molecule has 5 nitrogen and oxygen atoms in total. The van der Waals surface area contributed by atoms with Crippen molar-refractivity contribution in [2.24, 2.45) is 16.8 Å². The smallest absolute Gasteiger partial charge is 0.193 e. The van der Waals surface area contributed by atoms with Gasteiger partial charge < -0.3 is 14.8 Å². The van der Waals surface area contributed by atoms with E-state index >= 15 is 0 Å². The maximum atomic E-state index is 5.05. The highest BCUT2D eigenvalue weighted by atomic mass is 127. The van der Waals surface area contributed by atoms with Gasteiger partial charge in [-0.1, -0.05) is 31.2 Å². The van der Waals surface area contributed by atoms with Crippen molar-refractivity contribution in [3.63, 3.8) is 0 Å². The number of nitrogens with one attached hydrogen (secondary N) is 1. The van der Waals surface area contributed by atoms with Gasteiger partial charge in [0.2, 0.25) is 0 Å². The summed E-state index contributed by atoms with van der Waals surface area (Å²) >= 11 is 0. The molecular weight excluding hydrogens is 461 g/mol. The third-order valence-electron chi connectivity index (χ3n) is 6.10. The van der Waals surface area contributed by atoms with Gasteiger partial charge in [0.25, 0.3) is 0 Å². The number of aliphatic imine (C=N–C) groups is 1. The first-order valence-corrected chi connectivity index (χ1v) is 10.3. The molecule has 0 spiro atoms. The van der Waals surface area contributed by atoms with Gasteiger partial charge in [-0.25, -0.2) is 4.98 Å². The molecule has 1 aromatic heterocycles. The molecule has 28 heavy (non-hydrogen) atoms. The van der Waals surface area contributed by atoms with Gasteiger partial charge in [-0.2, -0.15) is 0 Å². The quantitative estimate of drug-likeness (QED) is 0.401. The second-order valence-electron chi connectivity index (χ2n) is 8.03. The Morgan fingerprint density at radius 2 is 2.00 bits per heavy atom. The van der Waals surface area contributed by atoms with Gasteiger partial charge >= 0.3 is 0 Å². The predicted molar refractivity (Wildman–Crippen MR) is 125 cm³/mol. The molecule has 1 aliphatic heterocycles. The second kappa shape index (κ2) is 9.76. The van der Waals surface area contributed by atoms with E-state index in [0.29, 0.717) is 17.9 Å². The van der Waals surface area contributed by atoms with Crippen molar-refractivity contribution in [1.29, 1.82) is 0 Å². The zero-order chi connectivity index (χ0) is 18.6. The van der Waals surface area contributed by atoms with Crippen LogP contribution < -0.4 is 5.32 Å². The number of guanidine groups is 1. The molecule has 1 fully saturated rings. The molecule has 1 aliphatic carbocycles. The van der Waals surface area contributed by atoms with E-state index in [0.717, 1.165) is 45.0 Å². The minimum atomic E-state index is 0. The second-order valence-corrected chi connectivity index (χ2v) is 8.03. The molecule has 2 unspecified atom stereocenters. The molecule has 2 aromatic rings. The molecule has 0 amide bonds. The summed E-state index contributed by atoms with van der Waals surface area (Å²) in [7, 11) is 0. The number of halogens is 1. The fourth-order valence-corrected chi connectivity index (χ4v) is 4.52. The van der Waals surface area contributed by atoms with E-state index in [1.165, 1.54) is 17.5 Å². The van der Waals surface area contributed by atoms with Gasteiger partial charge in [0, 0.05) is 38.6 Å². The molecule has 0 saturated carbocycles. The SMILES string of the molecule is CCNC(=NCC1Cc2ccccc2C1)N1CCC(C)C(n2ccnc2)C1.I. The molecule has 4 rings (SSSR count). The van der Waals surface area contributed by atoms with Gasteiger partial charge in [-0.05, 0) is 49.1 Å². The fraction of sp³-hybridized carbons (Fsp3) is 0.545. The maximum Gasteiger partial charge on any atom is 0.193 e. The minimum absolute atomic E-state index is 0. The van der Waals surface area contributed by atoms with E-state index in [4.69, 9.17) is 4.99 Å². The number of aromatic nitrogens is 2. The van der Waals surface area contributed by atoms with E-state index in [1.807, 2.05) is 12.5 Å². The van der Waals surface area contributed by atoms with Crippen LogP contribution in [0.15, 0.2) is 48.0 Å². The summed E-state index contributed by atoms with van der Waals surface area (Å²) in [6.07, 6.45) is 9.42. The van der Waals surface area contributed by atoms with Crippen molar-refractivity contribution in [3.8, 4) is 0 Å². The van der Waals surface area contributed by atoms with Crippen molar-refractivity contribution < 1.29 is 0 Å². The van der Waals surface area contributed by atoms with E-state index < -0.39 is 0 Å². The van der Waals surface area contributed by atoms with E-state index in [2.05, 4.69) is 64.1 Å². The van der Waals surface area contributed by atoms with Crippen molar-refractivity contribution in [2.45, 2.75) is 39.2 Å². The van der Waals surface area contributed by atoms with Crippen LogP contribution in [0.2, 0.25) is 0 Å². The van der Waals surface area contributed by atoms with Gasteiger partial charge in [-0.3, -0.25) is 4.99 Å². The van der Waals surface area contributed by atoms with Crippen LogP contribution >= 0.6 is 24.0 Å². The lowest BCUT2D eigenvalue weighted by atomic mass is 9.93. The Bertz CT molecular complexity index is 748. The molecule has 1 saturated heterocycles. The third kappa shape index (κ3) is 4.70. The average molecular weight is 493 g/mol. The maximum absolute atomic E-state index is 5.05. The monoisotopic (exact) mass is 493 g/mol. The Labute approximate surface area is 185 Å². The topological polar surface area (TPSA) is 45.5 Å². The standard InChI is InChI=1S/C22H31N5.HI/c1-3-24-22(25-14-18-12-19-6-4-5-7-20(19)13-18)26-10-8-17(2)21(15-26)27-11-9-23-16-27;/h4-7,9,11,16-18,21H,3,8,10,12-15H2,1-2H3,(H,24,25);1H. The largest absolute Gasteiger partial charge is 0.357 e. The van der Waals surface area contributed by atoms with Gasteiger partial charge in [-0.15, -0.1) is 24.0 Å². The first-order valence-electron chi connectivity index (χ1n) is 10.3. The number of piperidine rings is 1. The lowest BCUT2D eigenvalue weighted by Gasteiger charge is -2.39. The Morgan fingerprint density at radius 3 is 2.64 bits per heavy atom. The highest BCUT2D eigenvalue weighted by Gasteiger charge is 2.29. The molecule has 2 aliphatic rings. The molecule has 0 bridgehead atoms. The van der Waals surface area contributed by atoms with Crippen LogP contribution in [0.4, 0.5) is 0 Å². The molecule has 152 valence electrons. The number of benzene rings is 1. The summed E-state index contributed by atoms with van der Waals surface area (Å²) < 4.78 is 2.26. The Kier molecular flexibility index (Phi) is 7.37. The average Bonchev–Trinajstić information content (AvgIpc) is 3.35. The minimum Gasteiger partial charge on any atom is -0.357 e. The predicted octanol–water partition coefficient (Wildman–Crippen LogP) is 3.76. The van der Waals surface area contributed by atoms with Crippen molar-refractivity contribution >= 4 is 29.9 Å². The van der Waals surface area contributed by atoms with Crippen LogP contribution in [0.25, 0.3) is 0 Å². The van der Waals surface area contributed by atoms with E-state index in [1.54, 1.807) is 0 Å². The van der Waals surface area contributed by atoms with Crippen LogP contribution in [-0.4, -0.2) is 46.6 Å². The Balaban J connectivity index is 0.00000225. The summed E-state index contributed by atoms with van der Waals surface area (Å²) in [5.74, 6) is 2.36. The number of likely N-dealkylation sites (tertiary alicyclic amines) is 1. The lowest BCUT2D eigenvalue weighted by Crippen LogP contribution is -2.49. The first kappa shape index (κ1) is 21.1. The molecule has 0 radical (unpaired) electrons. The number of rotatable bonds is 4. The highest BCUT2D eigenvalue weighted by Crippen LogP contribution is 2.28. The van der Waals surface area contributed by atoms with Crippen molar-refractivity contribution in [1.82, 2.24) is 19.8 Å². The molecular formula is C22H32IN5. The van der Waals surface area contributed by atoms with Gasteiger partial charge in [0.1, 0.15) is 0 Å². The zero-order valence-electron chi connectivity index (χ0n) is 16.9. The van der Waals surface area contributed by atoms with Crippen LogP contribution in [0.5, 0.6) is 0 Å². The zero-order valence-corrected chi connectivity index (χ0v) is 19.3. The number of hydrogen-bond acceptors (Lipinski definition) is 2. The first-order chi connectivity index (χ1) is 13.2. The summed E-state index contributed by atoms with van der Waals surface area (Å²) in [6.45, 7) is 8.38. The Morgan fingerprint density at radius 1 is 1.25 bits per heavy atom. The van der Waals surface area contributed by atoms with E-state index in [9.17, 15) is 0 Å². The molecule has 1 N–H and O–H groups in total. The summed E-state index contributed by atoms with van der Waals surface area (Å²) in [4.78, 5) is 11.7. The highest BCUT2D eigenvalue weighted by molar-refractivity contribution is 14.0. The van der Waals surface area contributed by atoms with Crippen LogP contribution in [-0.2, 0) is 12.8 Å². The molecule has 2 atom stereocenters. The number of fused-ring (bicyclic) bond motifs is 1. The number of nitrogens with zero attached hydrogens (tertiary/aromatic N) is 4. The molecule has 6 heteroatoms. The number of hydrogen-bond donors (Lipinski definition) is 1. The summed E-state index contributed by atoms with van der Waals surface area (Å²) in [6, 6.07) is 9.30. The van der Waals surface area contributed by atoms with Crippen LogP contribution in [0.3, 0.4) is 0 Å². The third-order valence-corrected chi connectivity index (χ3v) is 6.10. The van der Waals surface area contributed by atoms with Crippen molar-refractivity contribution in [3.05, 3.63) is 54.1 Å². The lowest BCUT2D eigenvalue weighted by molar-refractivity contribution is 0.189.